The van der Waals surface area contributed by atoms with Crippen molar-refractivity contribution < 1.29 is 17.6 Å². The van der Waals surface area contributed by atoms with Crippen LogP contribution in [0, 0.1) is 0 Å². The molecule has 0 saturated carbocycles. The number of hydrogen-bond acceptors (Lipinski definition) is 0. The van der Waals surface area contributed by atoms with Crippen molar-refractivity contribution >= 4 is 23.2 Å². The van der Waals surface area contributed by atoms with Gasteiger partial charge in [-0.3, -0.25) is 0 Å². The maximum Gasteiger partial charge on any atom is 0.426 e. The number of alkyl halides is 3. The van der Waals surface area contributed by atoms with Gasteiger partial charge in [0.2, 0.25) is 0 Å². The number of rotatable bonds is 0. The minimum atomic E-state index is -4.43. The van der Waals surface area contributed by atoms with Crippen molar-refractivity contribution in [3.63, 3.8) is 0 Å². The molecule has 0 unspecified atom stereocenters. The third-order valence-corrected chi connectivity index (χ3v) is 0.665. The van der Waals surface area contributed by atoms with E-state index in [2.05, 4.69) is 29.8 Å². The molecular formula is C5H4Cl2F4. The summed E-state index contributed by atoms with van der Waals surface area (Å²) in [5, 5.41) is -1.28. The third-order valence-electron chi connectivity index (χ3n) is 0.355. The second kappa shape index (κ2) is 6.49. The lowest BCUT2D eigenvalue weighted by atomic mass is 10.6. The quantitative estimate of drug-likeness (QED) is 0.531. The van der Waals surface area contributed by atoms with Gasteiger partial charge in [0.15, 0.2) is 0 Å². The van der Waals surface area contributed by atoms with Gasteiger partial charge in [-0.1, -0.05) is 29.8 Å². The molecule has 6 heteroatoms. The lowest BCUT2D eigenvalue weighted by Crippen LogP contribution is -2.04. The van der Waals surface area contributed by atoms with Crippen LogP contribution >= 0.6 is 23.2 Å². The Morgan fingerprint density at radius 3 is 1.55 bits per heavy atom. The predicted molar refractivity (Wildman–Crippen MR) is 37.1 cm³/mol. The van der Waals surface area contributed by atoms with Crippen LogP contribution < -0.4 is 0 Å². The van der Waals surface area contributed by atoms with Crippen molar-refractivity contribution in [1.82, 2.24) is 0 Å². The molecule has 0 amide bonds. The van der Waals surface area contributed by atoms with E-state index >= 15 is 0 Å². The van der Waals surface area contributed by atoms with E-state index in [-0.39, 0.29) is 6.33 Å². The highest BCUT2D eigenvalue weighted by Crippen LogP contribution is 2.26. The van der Waals surface area contributed by atoms with Gasteiger partial charge in [-0.15, -0.1) is 0 Å². The summed E-state index contributed by atoms with van der Waals surface area (Å²) in [6.07, 6.45) is -4.16. The Morgan fingerprint density at radius 1 is 1.36 bits per heavy atom. The number of halogens is 6. The Labute approximate surface area is 71.1 Å². The fourth-order valence-electron chi connectivity index (χ4n) is 0. The van der Waals surface area contributed by atoms with Crippen LogP contribution in [0.3, 0.4) is 0 Å². The second-order valence-electron chi connectivity index (χ2n) is 1.15. The molecule has 0 radical (unpaired) electrons. The molecule has 0 aromatic carbocycles. The average Bonchev–Trinajstić information content (AvgIpc) is 1.87. The molecule has 11 heavy (non-hydrogen) atoms. The molecule has 0 nitrogen and oxygen atoms in total. The monoisotopic (exact) mass is 210 g/mol. The molecule has 0 aromatic rings. The van der Waals surface area contributed by atoms with Crippen molar-refractivity contribution in [2.75, 3.05) is 0 Å². The summed E-state index contributed by atoms with van der Waals surface area (Å²) < 4.78 is 43.2. The van der Waals surface area contributed by atoms with E-state index in [1.807, 2.05) is 0 Å². The largest absolute Gasteiger partial charge is 0.426 e. The smallest absolute Gasteiger partial charge is 0.215 e. The third kappa shape index (κ3) is 12.9. The second-order valence-corrected chi connectivity index (χ2v) is 1.86. The van der Waals surface area contributed by atoms with Gasteiger partial charge in [0.25, 0.3) is 0 Å². The molecule has 0 aliphatic carbocycles. The van der Waals surface area contributed by atoms with Crippen LogP contribution in [-0.4, -0.2) is 6.18 Å². The zero-order chi connectivity index (χ0) is 9.49. The van der Waals surface area contributed by atoms with E-state index < -0.39 is 11.2 Å². The maximum absolute atomic E-state index is 10.9. The fourth-order valence-corrected chi connectivity index (χ4v) is 0. The Morgan fingerprint density at radius 2 is 1.55 bits per heavy atom. The first-order chi connectivity index (χ1) is 4.86. The van der Waals surface area contributed by atoms with Crippen molar-refractivity contribution in [3.05, 3.63) is 23.5 Å². The molecule has 0 aromatic heterocycles. The summed E-state index contributed by atoms with van der Waals surface area (Å²) >= 11 is 9.06. The fraction of sp³-hybridized carbons (Fsp3) is 0.200. The predicted octanol–water partition coefficient (Wildman–Crippen LogP) is 3.97. The summed E-state index contributed by atoms with van der Waals surface area (Å²) in [4.78, 5) is 0. The molecule has 0 fully saturated rings. The van der Waals surface area contributed by atoms with E-state index in [0.29, 0.717) is 0 Å². The van der Waals surface area contributed by atoms with Crippen LogP contribution in [0.4, 0.5) is 17.6 Å². The molecule has 0 rings (SSSR count). The first kappa shape index (κ1) is 13.4. The molecule has 0 N–H and O–H groups in total. The van der Waals surface area contributed by atoms with Crippen LogP contribution in [0.1, 0.15) is 0 Å². The topological polar surface area (TPSA) is 0 Å². The lowest BCUT2D eigenvalue weighted by Gasteiger charge is -1.98. The number of hydrogen-bond donors (Lipinski definition) is 0. The molecule has 0 saturated heterocycles. The Hall–Kier alpha value is -0.220. The van der Waals surface area contributed by atoms with Crippen molar-refractivity contribution in [1.29, 1.82) is 0 Å². The van der Waals surface area contributed by atoms with Crippen LogP contribution in [0.5, 0.6) is 0 Å². The zero-order valence-electron chi connectivity index (χ0n) is 5.13. The van der Waals surface area contributed by atoms with E-state index in [1.54, 1.807) is 0 Å². The van der Waals surface area contributed by atoms with Gasteiger partial charge >= 0.3 is 6.18 Å². The van der Waals surface area contributed by atoms with Gasteiger partial charge in [-0.25, -0.2) is 4.39 Å². The normalized spacial score (nSPS) is 10.7. The summed E-state index contributed by atoms with van der Waals surface area (Å²) in [5.41, 5.74) is 0.806. The van der Waals surface area contributed by atoms with E-state index in [4.69, 9.17) is 0 Å². The van der Waals surface area contributed by atoms with Gasteiger partial charge in [0, 0.05) is 5.54 Å². The summed E-state index contributed by atoms with van der Waals surface area (Å²) in [7, 11) is 0. The Balaban J connectivity index is 0. The molecule has 0 aliphatic heterocycles. The summed E-state index contributed by atoms with van der Waals surface area (Å²) in [6, 6.07) is 0. The SMILES string of the molecule is C=C(Cl)C(F)(F)F.F/C=C/Cl. The molecular weight excluding hydrogens is 207 g/mol. The van der Waals surface area contributed by atoms with Gasteiger partial charge in [0.05, 0.1) is 6.33 Å². The minimum Gasteiger partial charge on any atom is -0.215 e. The molecule has 0 atom stereocenters. The molecule has 0 aliphatic rings. The lowest BCUT2D eigenvalue weighted by molar-refractivity contribution is -0.0841. The summed E-state index contributed by atoms with van der Waals surface area (Å²) in [5.74, 6) is 0. The van der Waals surface area contributed by atoms with Gasteiger partial charge < -0.3 is 0 Å². The minimum absolute atomic E-state index is 0.265. The highest BCUT2D eigenvalue weighted by atomic mass is 35.5. The highest BCUT2D eigenvalue weighted by Gasteiger charge is 2.30. The van der Waals surface area contributed by atoms with Crippen LogP contribution in [0.25, 0.3) is 0 Å². The van der Waals surface area contributed by atoms with Gasteiger partial charge in [-0.05, 0) is 0 Å². The zero-order valence-corrected chi connectivity index (χ0v) is 6.64. The Kier molecular flexibility index (Phi) is 7.89. The average molecular weight is 211 g/mol. The van der Waals surface area contributed by atoms with Gasteiger partial charge in [-0.2, -0.15) is 13.2 Å². The van der Waals surface area contributed by atoms with Crippen LogP contribution in [0.2, 0.25) is 0 Å². The molecule has 66 valence electrons. The summed E-state index contributed by atoms with van der Waals surface area (Å²) in [6.45, 7) is 2.47. The maximum atomic E-state index is 10.9. The van der Waals surface area contributed by atoms with Crippen molar-refractivity contribution in [2.24, 2.45) is 0 Å². The van der Waals surface area contributed by atoms with Crippen molar-refractivity contribution in [2.45, 2.75) is 6.18 Å². The van der Waals surface area contributed by atoms with Gasteiger partial charge in [0.1, 0.15) is 5.03 Å². The van der Waals surface area contributed by atoms with Crippen LogP contribution in [0.15, 0.2) is 23.5 Å². The van der Waals surface area contributed by atoms with Crippen molar-refractivity contribution in [3.8, 4) is 0 Å². The van der Waals surface area contributed by atoms with E-state index in [9.17, 15) is 17.6 Å². The standard InChI is InChI=1S/C3H2ClF3.C2H2ClF/c1-2(4)3(5,6)7;3-1-2-4/h1H2;1-2H/b;2-1+. The molecule has 0 spiro atoms. The molecule has 0 bridgehead atoms. The highest BCUT2D eigenvalue weighted by molar-refractivity contribution is 6.30. The van der Waals surface area contributed by atoms with Crippen LogP contribution in [-0.2, 0) is 0 Å². The van der Waals surface area contributed by atoms with E-state index in [1.165, 1.54) is 0 Å². The first-order valence-electron chi connectivity index (χ1n) is 2.13. The first-order valence-corrected chi connectivity index (χ1v) is 2.94. The Bertz CT molecular complexity index is 134. The van der Waals surface area contributed by atoms with E-state index in [0.717, 1.165) is 5.54 Å². The molecule has 0 heterocycles. The number of allylic oxidation sites excluding steroid dienone is 1.